The van der Waals surface area contributed by atoms with E-state index in [1.54, 1.807) is 6.20 Å². The SMILES string of the molecule is CC(C)(N)c1cncn1CCn1cccn1. The molecule has 0 amide bonds. The molecular weight excluding hydrogens is 202 g/mol. The van der Waals surface area contributed by atoms with Crippen LogP contribution >= 0.6 is 0 Å². The highest BCUT2D eigenvalue weighted by atomic mass is 15.3. The summed E-state index contributed by atoms with van der Waals surface area (Å²) in [7, 11) is 0. The van der Waals surface area contributed by atoms with Crippen LogP contribution in [0, 0.1) is 0 Å². The minimum Gasteiger partial charge on any atom is -0.331 e. The van der Waals surface area contributed by atoms with E-state index < -0.39 is 0 Å². The fourth-order valence-electron chi connectivity index (χ4n) is 1.68. The molecule has 0 aliphatic carbocycles. The van der Waals surface area contributed by atoms with Crippen molar-refractivity contribution in [3.8, 4) is 0 Å². The summed E-state index contributed by atoms with van der Waals surface area (Å²) in [5.74, 6) is 0. The molecule has 2 aromatic heterocycles. The van der Waals surface area contributed by atoms with Crippen LogP contribution in [0.5, 0.6) is 0 Å². The summed E-state index contributed by atoms with van der Waals surface area (Å²) in [5, 5.41) is 4.16. The Morgan fingerprint density at radius 1 is 1.38 bits per heavy atom. The fourth-order valence-corrected chi connectivity index (χ4v) is 1.68. The predicted octanol–water partition coefficient (Wildman–Crippen LogP) is 0.974. The largest absolute Gasteiger partial charge is 0.331 e. The molecule has 2 heterocycles. The van der Waals surface area contributed by atoms with Gasteiger partial charge < -0.3 is 10.3 Å². The second-order valence-electron chi connectivity index (χ2n) is 4.46. The van der Waals surface area contributed by atoms with Crippen LogP contribution in [0.2, 0.25) is 0 Å². The molecule has 0 bridgehead atoms. The molecule has 0 aliphatic rings. The third kappa shape index (κ3) is 2.30. The molecule has 0 atom stereocenters. The molecule has 2 rings (SSSR count). The van der Waals surface area contributed by atoms with Gasteiger partial charge in [-0.2, -0.15) is 5.10 Å². The van der Waals surface area contributed by atoms with Crippen molar-refractivity contribution in [1.29, 1.82) is 0 Å². The third-order valence-corrected chi connectivity index (χ3v) is 2.50. The number of aromatic nitrogens is 4. The highest BCUT2D eigenvalue weighted by Gasteiger charge is 2.18. The van der Waals surface area contributed by atoms with Gasteiger partial charge in [-0.15, -0.1) is 0 Å². The van der Waals surface area contributed by atoms with Crippen LogP contribution in [0.3, 0.4) is 0 Å². The molecule has 5 heteroatoms. The minimum absolute atomic E-state index is 0.360. The van der Waals surface area contributed by atoms with Crippen molar-refractivity contribution in [2.75, 3.05) is 0 Å². The van der Waals surface area contributed by atoms with E-state index in [4.69, 9.17) is 5.73 Å². The Hall–Kier alpha value is -1.62. The lowest BCUT2D eigenvalue weighted by Gasteiger charge is -2.20. The lowest BCUT2D eigenvalue weighted by molar-refractivity contribution is 0.462. The summed E-state index contributed by atoms with van der Waals surface area (Å²) >= 11 is 0. The highest BCUT2D eigenvalue weighted by Crippen LogP contribution is 2.15. The smallest absolute Gasteiger partial charge is 0.0949 e. The van der Waals surface area contributed by atoms with Crippen molar-refractivity contribution in [2.24, 2.45) is 5.73 Å². The van der Waals surface area contributed by atoms with Crippen molar-refractivity contribution in [3.63, 3.8) is 0 Å². The lowest BCUT2D eigenvalue weighted by Crippen LogP contribution is -2.31. The Balaban J connectivity index is 2.08. The van der Waals surface area contributed by atoms with Crippen molar-refractivity contribution >= 4 is 0 Å². The number of nitrogens with two attached hydrogens (primary N) is 1. The van der Waals surface area contributed by atoms with Gasteiger partial charge in [-0.3, -0.25) is 4.68 Å². The Morgan fingerprint density at radius 2 is 2.19 bits per heavy atom. The molecule has 0 aliphatic heterocycles. The number of rotatable bonds is 4. The lowest BCUT2D eigenvalue weighted by atomic mass is 10.0. The standard InChI is InChI=1S/C11H17N5/c1-11(2,12)10-8-13-9-15(10)6-7-16-5-3-4-14-16/h3-5,8-9H,6-7,12H2,1-2H3. The van der Waals surface area contributed by atoms with Gasteiger partial charge in [-0.05, 0) is 19.9 Å². The van der Waals surface area contributed by atoms with E-state index in [-0.39, 0.29) is 5.54 Å². The molecule has 0 aromatic carbocycles. The van der Waals surface area contributed by atoms with Crippen LogP contribution in [0.1, 0.15) is 19.5 Å². The summed E-state index contributed by atoms with van der Waals surface area (Å²) in [5.41, 5.74) is 6.75. The van der Waals surface area contributed by atoms with Gasteiger partial charge in [0.25, 0.3) is 0 Å². The first kappa shape index (κ1) is 10.9. The molecule has 5 nitrogen and oxygen atoms in total. The maximum absolute atomic E-state index is 6.07. The molecule has 86 valence electrons. The molecule has 2 aromatic rings. The van der Waals surface area contributed by atoms with Gasteiger partial charge in [0.15, 0.2) is 0 Å². The molecule has 0 spiro atoms. The van der Waals surface area contributed by atoms with Gasteiger partial charge in [-0.25, -0.2) is 4.98 Å². The van der Waals surface area contributed by atoms with Gasteiger partial charge in [0.2, 0.25) is 0 Å². The maximum Gasteiger partial charge on any atom is 0.0949 e. The second-order valence-corrected chi connectivity index (χ2v) is 4.46. The summed E-state index contributed by atoms with van der Waals surface area (Å²) in [6, 6.07) is 1.92. The first-order valence-corrected chi connectivity index (χ1v) is 5.34. The topological polar surface area (TPSA) is 61.7 Å². The zero-order chi connectivity index (χ0) is 11.6. The van der Waals surface area contributed by atoms with Crippen molar-refractivity contribution < 1.29 is 0 Å². The van der Waals surface area contributed by atoms with E-state index >= 15 is 0 Å². The van der Waals surface area contributed by atoms with Crippen LogP contribution in [-0.2, 0) is 18.6 Å². The normalized spacial score (nSPS) is 11.9. The van der Waals surface area contributed by atoms with Gasteiger partial charge in [0.1, 0.15) is 0 Å². The van der Waals surface area contributed by atoms with Gasteiger partial charge in [0, 0.05) is 25.1 Å². The van der Waals surface area contributed by atoms with Crippen molar-refractivity contribution in [1.82, 2.24) is 19.3 Å². The molecule has 0 saturated heterocycles. The Morgan fingerprint density at radius 3 is 2.81 bits per heavy atom. The Bertz CT molecular complexity index is 435. The summed E-state index contributed by atoms with van der Waals surface area (Å²) in [6.45, 7) is 5.62. The number of nitrogens with zero attached hydrogens (tertiary/aromatic N) is 4. The van der Waals surface area contributed by atoms with Crippen LogP contribution in [-0.4, -0.2) is 19.3 Å². The average Bonchev–Trinajstić information content (AvgIpc) is 2.85. The van der Waals surface area contributed by atoms with Crippen LogP contribution in [0.25, 0.3) is 0 Å². The molecule has 0 unspecified atom stereocenters. The second kappa shape index (κ2) is 4.09. The Labute approximate surface area is 94.9 Å². The number of hydrogen-bond donors (Lipinski definition) is 1. The zero-order valence-corrected chi connectivity index (χ0v) is 9.67. The monoisotopic (exact) mass is 219 g/mol. The average molecular weight is 219 g/mol. The maximum atomic E-state index is 6.07. The summed E-state index contributed by atoms with van der Waals surface area (Å²) < 4.78 is 3.97. The molecule has 16 heavy (non-hydrogen) atoms. The van der Waals surface area contributed by atoms with E-state index in [9.17, 15) is 0 Å². The molecular formula is C11H17N5. The highest BCUT2D eigenvalue weighted by molar-refractivity contribution is 5.09. The van der Waals surface area contributed by atoms with Gasteiger partial charge in [-0.1, -0.05) is 0 Å². The van der Waals surface area contributed by atoms with Gasteiger partial charge >= 0.3 is 0 Å². The number of hydrogen-bond acceptors (Lipinski definition) is 3. The fraction of sp³-hybridized carbons (Fsp3) is 0.455. The molecule has 0 radical (unpaired) electrons. The zero-order valence-electron chi connectivity index (χ0n) is 9.67. The Kier molecular flexibility index (Phi) is 2.78. The number of aryl methyl sites for hydroxylation is 2. The van der Waals surface area contributed by atoms with E-state index in [1.165, 1.54) is 0 Å². The predicted molar refractivity (Wildman–Crippen MR) is 61.7 cm³/mol. The van der Waals surface area contributed by atoms with E-state index in [2.05, 4.69) is 14.6 Å². The van der Waals surface area contributed by atoms with Crippen LogP contribution in [0.4, 0.5) is 0 Å². The molecule has 0 saturated carbocycles. The molecule has 2 N–H and O–H groups in total. The summed E-state index contributed by atoms with van der Waals surface area (Å²) in [4.78, 5) is 4.14. The first-order chi connectivity index (χ1) is 7.57. The van der Waals surface area contributed by atoms with E-state index in [0.717, 1.165) is 18.8 Å². The van der Waals surface area contributed by atoms with Crippen molar-refractivity contribution in [2.45, 2.75) is 32.5 Å². The molecule has 0 fully saturated rings. The third-order valence-electron chi connectivity index (χ3n) is 2.50. The van der Waals surface area contributed by atoms with Crippen LogP contribution in [0.15, 0.2) is 31.0 Å². The van der Waals surface area contributed by atoms with Gasteiger partial charge in [0.05, 0.1) is 24.1 Å². The van der Waals surface area contributed by atoms with E-state index in [0.29, 0.717) is 0 Å². The van der Waals surface area contributed by atoms with Crippen molar-refractivity contribution in [3.05, 3.63) is 36.7 Å². The summed E-state index contributed by atoms with van der Waals surface area (Å²) in [6.07, 6.45) is 7.36. The minimum atomic E-state index is -0.360. The first-order valence-electron chi connectivity index (χ1n) is 5.34. The van der Waals surface area contributed by atoms with E-state index in [1.807, 2.05) is 43.3 Å². The quantitative estimate of drug-likeness (QED) is 0.833. The number of imidazole rings is 1. The van der Waals surface area contributed by atoms with Crippen LogP contribution < -0.4 is 5.73 Å².